The van der Waals surface area contributed by atoms with Crippen molar-refractivity contribution in [3.8, 4) is 11.5 Å². The molecule has 0 aliphatic carbocycles. The van der Waals surface area contributed by atoms with Crippen LogP contribution < -0.4 is 14.4 Å². The molecule has 0 spiro atoms. The number of carboxylic acid groups (broad SMARTS) is 1. The third-order valence-electron chi connectivity index (χ3n) is 2.61. The van der Waals surface area contributed by atoms with Gasteiger partial charge in [-0.05, 0) is 12.1 Å². The van der Waals surface area contributed by atoms with Crippen LogP contribution in [0.3, 0.4) is 0 Å². The summed E-state index contributed by atoms with van der Waals surface area (Å²) < 4.78 is 10.3. The maximum atomic E-state index is 11.6. The average molecular weight is 267 g/mol. The highest BCUT2D eigenvalue weighted by atomic mass is 16.5. The van der Waals surface area contributed by atoms with E-state index in [0.29, 0.717) is 17.2 Å². The summed E-state index contributed by atoms with van der Waals surface area (Å²) in [5.41, 5.74) is 0.575. The molecule has 0 heterocycles. The summed E-state index contributed by atoms with van der Waals surface area (Å²) in [6.07, 6.45) is -0.117. The van der Waals surface area contributed by atoms with Crippen molar-refractivity contribution in [2.24, 2.45) is 0 Å². The number of amides is 1. The molecule has 0 unspecified atom stereocenters. The summed E-state index contributed by atoms with van der Waals surface area (Å²) >= 11 is 0. The van der Waals surface area contributed by atoms with Crippen molar-refractivity contribution >= 4 is 17.6 Å². The molecule has 6 heteroatoms. The summed E-state index contributed by atoms with van der Waals surface area (Å²) in [5.74, 6) is -0.144. The van der Waals surface area contributed by atoms with Crippen LogP contribution in [0.5, 0.6) is 11.5 Å². The third-order valence-corrected chi connectivity index (χ3v) is 2.61. The summed E-state index contributed by atoms with van der Waals surface area (Å²) in [5, 5.41) is 8.69. The van der Waals surface area contributed by atoms with Crippen LogP contribution in [0.2, 0.25) is 0 Å². The number of hydrogen-bond donors (Lipinski definition) is 1. The molecule has 0 aliphatic rings. The van der Waals surface area contributed by atoms with Gasteiger partial charge < -0.3 is 19.5 Å². The lowest BCUT2D eigenvalue weighted by Crippen LogP contribution is -2.30. The van der Waals surface area contributed by atoms with E-state index in [9.17, 15) is 9.59 Å². The van der Waals surface area contributed by atoms with Crippen LogP contribution in [-0.4, -0.2) is 37.7 Å². The molecule has 104 valence electrons. The number of carbonyl (C=O) groups excluding carboxylic acids is 1. The summed E-state index contributed by atoms with van der Waals surface area (Å²) in [6, 6.07) is 5.00. The second kappa shape index (κ2) is 6.63. The molecule has 0 fully saturated rings. The van der Waals surface area contributed by atoms with Gasteiger partial charge in [-0.2, -0.15) is 0 Å². The maximum Gasteiger partial charge on any atom is 0.305 e. The van der Waals surface area contributed by atoms with Gasteiger partial charge in [0.05, 0.1) is 20.6 Å². The first kappa shape index (κ1) is 14.8. The predicted octanol–water partition coefficient (Wildman–Crippen LogP) is 1.53. The molecule has 0 saturated carbocycles. The van der Waals surface area contributed by atoms with Gasteiger partial charge in [0.15, 0.2) is 11.5 Å². The predicted molar refractivity (Wildman–Crippen MR) is 69.8 cm³/mol. The highest BCUT2D eigenvalue weighted by Crippen LogP contribution is 2.31. The topological polar surface area (TPSA) is 76.1 Å². The van der Waals surface area contributed by atoms with E-state index < -0.39 is 5.97 Å². The highest BCUT2D eigenvalue weighted by molar-refractivity contribution is 5.92. The first-order valence-corrected chi connectivity index (χ1v) is 5.71. The van der Waals surface area contributed by atoms with Gasteiger partial charge in [-0.3, -0.25) is 9.59 Å². The van der Waals surface area contributed by atoms with Crippen molar-refractivity contribution in [2.75, 3.05) is 25.7 Å². The molecule has 0 saturated heterocycles. The molecule has 1 amide bonds. The smallest absolute Gasteiger partial charge is 0.305 e. The molecule has 1 aromatic carbocycles. The van der Waals surface area contributed by atoms with Gasteiger partial charge in [0.2, 0.25) is 5.91 Å². The summed E-state index contributed by atoms with van der Waals surface area (Å²) in [6.45, 7) is 1.50. The zero-order valence-corrected chi connectivity index (χ0v) is 11.2. The second-order valence-corrected chi connectivity index (χ2v) is 3.85. The van der Waals surface area contributed by atoms with Crippen molar-refractivity contribution in [1.82, 2.24) is 0 Å². The number of carbonyl (C=O) groups is 2. The van der Waals surface area contributed by atoms with Crippen LogP contribution in [0, 0.1) is 0 Å². The summed E-state index contributed by atoms with van der Waals surface area (Å²) in [4.78, 5) is 23.6. The lowest BCUT2D eigenvalue weighted by atomic mass is 10.2. The third kappa shape index (κ3) is 3.87. The fraction of sp³-hybridized carbons (Fsp3) is 0.385. The molecular weight excluding hydrogens is 250 g/mol. The molecule has 0 aliphatic heterocycles. The second-order valence-electron chi connectivity index (χ2n) is 3.85. The van der Waals surface area contributed by atoms with Gasteiger partial charge in [-0.25, -0.2) is 0 Å². The molecule has 19 heavy (non-hydrogen) atoms. The zero-order valence-electron chi connectivity index (χ0n) is 11.2. The molecule has 1 rings (SSSR count). The Kier molecular flexibility index (Phi) is 5.17. The fourth-order valence-corrected chi connectivity index (χ4v) is 1.67. The molecule has 0 radical (unpaired) electrons. The Morgan fingerprint density at radius 3 is 2.32 bits per heavy atom. The van der Waals surface area contributed by atoms with Crippen LogP contribution in [0.25, 0.3) is 0 Å². The number of methoxy groups -OCH3 is 2. The number of hydrogen-bond acceptors (Lipinski definition) is 4. The first-order valence-electron chi connectivity index (χ1n) is 5.71. The number of ether oxygens (including phenoxy) is 2. The largest absolute Gasteiger partial charge is 0.493 e. The molecule has 0 aromatic heterocycles. The molecular formula is C13H17NO5. The van der Waals surface area contributed by atoms with Gasteiger partial charge in [-0.1, -0.05) is 0 Å². The van der Waals surface area contributed by atoms with Crippen LogP contribution in [0.4, 0.5) is 5.69 Å². The quantitative estimate of drug-likeness (QED) is 0.846. The number of carboxylic acids is 1. The average Bonchev–Trinajstić information content (AvgIpc) is 2.37. The van der Waals surface area contributed by atoms with Crippen molar-refractivity contribution < 1.29 is 24.2 Å². The molecule has 0 atom stereocenters. The van der Waals surface area contributed by atoms with Crippen LogP contribution >= 0.6 is 0 Å². The summed E-state index contributed by atoms with van der Waals surface area (Å²) in [7, 11) is 3.02. The van der Waals surface area contributed by atoms with Crippen molar-refractivity contribution in [1.29, 1.82) is 0 Å². The molecule has 0 bridgehead atoms. The van der Waals surface area contributed by atoms with E-state index in [4.69, 9.17) is 14.6 Å². The number of anilines is 1. The van der Waals surface area contributed by atoms with Gasteiger partial charge in [-0.15, -0.1) is 0 Å². The minimum atomic E-state index is -0.952. The van der Waals surface area contributed by atoms with Gasteiger partial charge >= 0.3 is 5.97 Å². The van der Waals surface area contributed by atoms with E-state index >= 15 is 0 Å². The van der Waals surface area contributed by atoms with Crippen molar-refractivity contribution in [2.45, 2.75) is 13.3 Å². The Morgan fingerprint density at radius 1 is 1.21 bits per heavy atom. The van der Waals surface area contributed by atoms with Crippen molar-refractivity contribution in [3.63, 3.8) is 0 Å². The fourth-order valence-electron chi connectivity index (χ4n) is 1.67. The molecule has 6 nitrogen and oxygen atoms in total. The number of aliphatic carboxylic acids is 1. The minimum Gasteiger partial charge on any atom is -0.493 e. The van der Waals surface area contributed by atoms with E-state index in [1.54, 1.807) is 18.2 Å². The van der Waals surface area contributed by atoms with E-state index in [-0.39, 0.29) is 18.9 Å². The standard InChI is InChI=1S/C13H17NO5/c1-9(15)14(7-6-13(16)17)10-4-5-11(18-2)12(8-10)19-3/h4-5,8H,6-7H2,1-3H3,(H,16,17). The normalized spacial score (nSPS) is 9.84. The first-order chi connectivity index (χ1) is 8.99. The maximum absolute atomic E-state index is 11.6. The highest BCUT2D eigenvalue weighted by Gasteiger charge is 2.15. The van der Waals surface area contributed by atoms with Gasteiger partial charge in [0.25, 0.3) is 0 Å². The Bertz CT molecular complexity index is 472. The van der Waals surface area contributed by atoms with Gasteiger partial charge in [0.1, 0.15) is 0 Å². The van der Waals surface area contributed by atoms with Gasteiger partial charge in [0, 0.05) is 25.2 Å². The van der Waals surface area contributed by atoms with Crippen LogP contribution in [0.15, 0.2) is 18.2 Å². The SMILES string of the molecule is COc1ccc(N(CCC(=O)O)C(C)=O)cc1OC. The number of nitrogens with zero attached hydrogens (tertiary/aromatic N) is 1. The Hall–Kier alpha value is -2.24. The number of benzene rings is 1. The Morgan fingerprint density at radius 2 is 1.84 bits per heavy atom. The zero-order chi connectivity index (χ0) is 14.4. The molecule has 1 N–H and O–H groups in total. The van der Waals surface area contributed by atoms with E-state index in [1.165, 1.54) is 26.0 Å². The lowest BCUT2D eigenvalue weighted by molar-refractivity contribution is -0.136. The Labute approximate surface area is 111 Å². The van der Waals surface area contributed by atoms with Crippen molar-refractivity contribution in [3.05, 3.63) is 18.2 Å². The Balaban J connectivity index is 3.02. The monoisotopic (exact) mass is 267 g/mol. The van der Waals surface area contributed by atoms with Crippen LogP contribution in [-0.2, 0) is 9.59 Å². The molecule has 1 aromatic rings. The minimum absolute atomic E-state index is 0.111. The van der Waals surface area contributed by atoms with E-state index in [0.717, 1.165) is 0 Å². The van der Waals surface area contributed by atoms with E-state index in [2.05, 4.69) is 0 Å². The number of rotatable bonds is 6. The van der Waals surface area contributed by atoms with E-state index in [1.807, 2.05) is 0 Å². The van der Waals surface area contributed by atoms with Crippen LogP contribution in [0.1, 0.15) is 13.3 Å². The lowest BCUT2D eigenvalue weighted by Gasteiger charge is -2.21.